The second-order valence-electron chi connectivity index (χ2n) is 6.69. The van der Waals surface area contributed by atoms with Crippen molar-refractivity contribution in [2.45, 2.75) is 32.5 Å². The van der Waals surface area contributed by atoms with E-state index in [4.69, 9.17) is 0 Å². The van der Waals surface area contributed by atoms with Crippen LogP contribution < -0.4 is 15.4 Å². The number of nitrogens with zero attached hydrogens (tertiary/aromatic N) is 2. The van der Waals surface area contributed by atoms with Crippen LogP contribution in [0.4, 0.5) is 19.0 Å². The summed E-state index contributed by atoms with van der Waals surface area (Å²) >= 11 is 0. The molecule has 10 heteroatoms. The first-order valence-corrected chi connectivity index (χ1v) is 8.92. The highest BCUT2D eigenvalue weighted by atomic mass is 19.4. The molecule has 2 amide bonds. The van der Waals surface area contributed by atoms with Gasteiger partial charge in [-0.2, -0.15) is 13.2 Å². The van der Waals surface area contributed by atoms with Crippen molar-refractivity contribution in [1.82, 2.24) is 15.3 Å². The van der Waals surface area contributed by atoms with Crippen molar-refractivity contribution in [3.05, 3.63) is 47.3 Å². The normalized spacial score (nSPS) is 13.7. The van der Waals surface area contributed by atoms with E-state index in [1.807, 2.05) is 0 Å². The fraction of sp³-hybridized carbons (Fsp3) is 0.368. The SMILES string of the molecule is Cc1ccc(OCC(F)(F)F)nc1CNC(=O)c1ccnc(NC(=O)C2CC2)c1. The minimum atomic E-state index is -4.46. The van der Waals surface area contributed by atoms with Crippen LogP contribution in [0.3, 0.4) is 0 Å². The molecule has 1 fully saturated rings. The minimum Gasteiger partial charge on any atom is -0.468 e. The maximum atomic E-state index is 12.4. The van der Waals surface area contributed by atoms with Gasteiger partial charge in [0, 0.05) is 23.7 Å². The molecule has 1 aliphatic rings. The summed E-state index contributed by atoms with van der Waals surface area (Å²) in [6.45, 7) is 0.279. The molecular formula is C19H19F3N4O3. The number of carbonyl (C=O) groups excluding carboxylic acids is 2. The van der Waals surface area contributed by atoms with Crippen LogP contribution in [0.25, 0.3) is 0 Å². The van der Waals surface area contributed by atoms with Gasteiger partial charge in [0.15, 0.2) is 6.61 Å². The van der Waals surface area contributed by atoms with Gasteiger partial charge in [0.1, 0.15) is 5.82 Å². The first-order chi connectivity index (χ1) is 13.7. The van der Waals surface area contributed by atoms with E-state index in [1.54, 1.807) is 13.0 Å². The van der Waals surface area contributed by atoms with Gasteiger partial charge in [0.25, 0.3) is 5.91 Å². The molecule has 0 saturated heterocycles. The van der Waals surface area contributed by atoms with Gasteiger partial charge in [-0.25, -0.2) is 9.97 Å². The summed E-state index contributed by atoms with van der Waals surface area (Å²) in [5, 5.41) is 5.32. The van der Waals surface area contributed by atoms with Crippen LogP contribution in [0.1, 0.15) is 34.5 Å². The smallest absolute Gasteiger partial charge is 0.422 e. The Hall–Kier alpha value is -3.17. The summed E-state index contributed by atoms with van der Waals surface area (Å²) in [5.74, 6) is -0.435. The number of carbonyl (C=O) groups is 2. The van der Waals surface area contributed by atoms with Crippen molar-refractivity contribution in [2.75, 3.05) is 11.9 Å². The highest BCUT2D eigenvalue weighted by Crippen LogP contribution is 2.30. The van der Waals surface area contributed by atoms with Gasteiger partial charge in [0.05, 0.1) is 12.2 Å². The third kappa shape index (κ3) is 6.16. The average Bonchev–Trinajstić information content (AvgIpc) is 3.51. The van der Waals surface area contributed by atoms with Crippen LogP contribution >= 0.6 is 0 Å². The summed E-state index contributed by atoms with van der Waals surface area (Å²) in [6.07, 6.45) is -1.35. The van der Waals surface area contributed by atoms with Crippen molar-refractivity contribution in [3.8, 4) is 5.88 Å². The Balaban J connectivity index is 1.60. The first kappa shape index (κ1) is 20.6. The Labute approximate surface area is 164 Å². The number of nitrogens with one attached hydrogen (secondary N) is 2. The number of aromatic nitrogens is 2. The van der Waals surface area contributed by atoms with E-state index in [-0.39, 0.29) is 35.6 Å². The molecule has 0 atom stereocenters. The van der Waals surface area contributed by atoms with Crippen LogP contribution in [0.15, 0.2) is 30.5 Å². The van der Waals surface area contributed by atoms with Crippen LogP contribution in [0.2, 0.25) is 0 Å². The van der Waals surface area contributed by atoms with Gasteiger partial charge in [-0.05, 0) is 37.5 Å². The predicted molar refractivity (Wildman–Crippen MR) is 97.3 cm³/mol. The van der Waals surface area contributed by atoms with E-state index in [1.165, 1.54) is 24.4 Å². The molecule has 2 N–H and O–H groups in total. The molecule has 0 radical (unpaired) electrons. The highest BCUT2D eigenvalue weighted by molar-refractivity contribution is 5.97. The molecule has 1 aliphatic carbocycles. The number of aryl methyl sites for hydroxylation is 1. The van der Waals surface area contributed by atoms with Crippen molar-refractivity contribution in [1.29, 1.82) is 0 Å². The Kier molecular flexibility index (Phi) is 6.00. The molecule has 0 unspecified atom stereocenters. The maximum Gasteiger partial charge on any atom is 0.422 e. The molecule has 2 aromatic rings. The monoisotopic (exact) mass is 408 g/mol. The Bertz CT molecular complexity index is 914. The van der Waals surface area contributed by atoms with E-state index < -0.39 is 18.7 Å². The van der Waals surface area contributed by atoms with Gasteiger partial charge in [-0.15, -0.1) is 0 Å². The predicted octanol–water partition coefficient (Wildman–Crippen LogP) is 3.00. The van der Waals surface area contributed by atoms with Crippen molar-refractivity contribution in [2.24, 2.45) is 5.92 Å². The lowest BCUT2D eigenvalue weighted by Gasteiger charge is -2.12. The zero-order chi connectivity index (χ0) is 21.0. The Morgan fingerprint density at radius 3 is 2.69 bits per heavy atom. The van der Waals surface area contributed by atoms with Gasteiger partial charge in [0.2, 0.25) is 11.8 Å². The van der Waals surface area contributed by atoms with E-state index in [9.17, 15) is 22.8 Å². The number of pyridine rings is 2. The summed E-state index contributed by atoms with van der Waals surface area (Å²) in [4.78, 5) is 32.2. The Morgan fingerprint density at radius 2 is 2.00 bits per heavy atom. The van der Waals surface area contributed by atoms with Gasteiger partial charge in [-0.1, -0.05) is 6.07 Å². The number of rotatable bonds is 7. The third-order valence-electron chi connectivity index (χ3n) is 4.20. The lowest BCUT2D eigenvalue weighted by atomic mass is 10.2. The molecule has 2 heterocycles. The molecule has 3 rings (SSSR count). The average molecular weight is 408 g/mol. The number of alkyl halides is 3. The molecule has 1 saturated carbocycles. The highest BCUT2D eigenvalue weighted by Gasteiger charge is 2.30. The summed E-state index contributed by atoms with van der Waals surface area (Å²) < 4.78 is 41.5. The van der Waals surface area contributed by atoms with Crippen LogP contribution in [0, 0.1) is 12.8 Å². The number of ether oxygens (including phenoxy) is 1. The topological polar surface area (TPSA) is 93.2 Å². The summed E-state index contributed by atoms with van der Waals surface area (Å²) in [6, 6.07) is 5.85. The number of amides is 2. The quantitative estimate of drug-likeness (QED) is 0.735. The maximum absolute atomic E-state index is 12.4. The zero-order valence-electron chi connectivity index (χ0n) is 15.5. The molecule has 0 aliphatic heterocycles. The minimum absolute atomic E-state index is 0.0000259. The lowest BCUT2D eigenvalue weighted by Crippen LogP contribution is -2.25. The fourth-order valence-corrected chi connectivity index (χ4v) is 2.45. The van der Waals surface area contributed by atoms with E-state index in [0.29, 0.717) is 11.3 Å². The second-order valence-corrected chi connectivity index (χ2v) is 6.69. The molecule has 0 bridgehead atoms. The number of halogens is 3. The molecule has 7 nitrogen and oxygen atoms in total. The fourth-order valence-electron chi connectivity index (χ4n) is 2.45. The first-order valence-electron chi connectivity index (χ1n) is 8.92. The Morgan fingerprint density at radius 1 is 1.24 bits per heavy atom. The van der Waals surface area contributed by atoms with E-state index in [0.717, 1.165) is 12.8 Å². The standard InChI is InChI=1S/C19H19F3N4O3/c1-11-2-5-16(29-10-19(20,21)22)25-14(11)9-24-17(27)13-6-7-23-15(8-13)26-18(28)12-3-4-12/h2,5-8,12H,3-4,9-10H2,1H3,(H,24,27)(H,23,26,28). The molecule has 0 spiro atoms. The van der Waals surface area contributed by atoms with Crippen molar-refractivity contribution >= 4 is 17.6 Å². The largest absolute Gasteiger partial charge is 0.468 e. The van der Waals surface area contributed by atoms with Crippen molar-refractivity contribution in [3.63, 3.8) is 0 Å². The van der Waals surface area contributed by atoms with Gasteiger partial charge in [-0.3, -0.25) is 9.59 Å². The molecule has 29 heavy (non-hydrogen) atoms. The van der Waals surface area contributed by atoms with Crippen LogP contribution in [-0.2, 0) is 11.3 Å². The summed E-state index contributed by atoms with van der Waals surface area (Å²) in [5.41, 5.74) is 1.36. The third-order valence-corrected chi connectivity index (χ3v) is 4.20. The summed E-state index contributed by atoms with van der Waals surface area (Å²) in [7, 11) is 0. The molecule has 2 aromatic heterocycles. The molecule has 0 aromatic carbocycles. The van der Waals surface area contributed by atoms with Crippen LogP contribution in [-0.4, -0.2) is 34.6 Å². The van der Waals surface area contributed by atoms with Crippen LogP contribution in [0.5, 0.6) is 5.88 Å². The molecule has 154 valence electrons. The second kappa shape index (κ2) is 8.46. The number of anilines is 1. The lowest BCUT2D eigenvalue weighted by molar-refractivity contribution is -0.154. The van der Waals surface area contributed by atoms with Gasteiger partial charge >= 0.3 is 6.18 Å². The van der Waals surface area contributed by atoms with Gasteiger partial charge < -0.3 is 15.4 Å². The van der Waals surface area contributed by atoms with E-state index in [2.05, 4.69) is 25.3 Å². The molecular weight excluding hydrogens is 389 g/mol. The number of hydrogen-bond donors (Lipinski definition) is 2. The van der Waals surface area contributed by atoms with E-state index >= 15 is 0 Å². The van der Waals surface area contributed by atoms with Crippen molar-refractivity contribution < 1.29 is 27.5 Å². The number of hydrogen-bond acceptors (Lipinski definition) is 5. The zero-order valence-corrected chi connectivity index (χ0v) is 15.5.